The maximum Gasteiger partial charge on any atom is 0.253 e. The Balaban J connectivity index is 1.48. The van der Waals surface area contributed by atoms with Crippen molar-refractivity contribution in [2.45, 2.75) is 44.1 Å². The molecule has 6 nitrogen and oxygen atoms in total. The minimum Gasteiger partial charge on any atom is -0.337 e. The van der Waals surface area contributed by atoms with Gasteiger partial charge in [0, 0.05) is 36.8 Å². The summed E-state index contributed by atoms with van der Waals surface area (Å²) in [6.45, 7) is 2.72. The van der Waals surface area contributed by atoms with Crippen molar-refractivity contribution in [2.75, 3.05) is 32.7 Å². The SMILES string of the molecule is N#CC1(NC(=O)CN2CCN(C(=O)c3ccc(Cl)cc3)CC2)CCCCCC1. The Morgan fingerprint density at radius 1 is 1.04 bits per heavy atom. The second-order valence-corrected chi connectivity index (χ2v) is 8.17. The molecule has 0 unspecified atom stereocenters. The summed E-state index contributed by atoms with van der Waals surface area (Å²) < 4.78 is 0. The van der Waals surface area contributed by atoms with Crippen molar-refractivity contribution in [3.63, 3.8) is 0 Å². The summed E-state index contributed by atoms with van der Waals surface area (Å²) in [5, 5.41) is 13.2. The molecule has 28 heavy (non-hydrogen) atoms. The van der Waals surface area contributed by atoms with Gasteiger partial charge in [0.25, 0.3) is 5.91 Å². The zero-order valence-corrected chi connectivity index (χ0v) is 16.9. The third-order valence-electron chi connectivity index (χ3n) is 5.67. The van der Waals surface area contributed by atoms with Crippen LogP contribution in [-0.2, 0) is 4.79 Å². The molecule has 0 bridgehead atoms. The van der Waals surface area contributed by atoms with Crippen LogP contribution in [0.15, 0.2) is 24.3 Å². The number of rotatable bonds is 4. The number of carbonyl (C=O) groups excluding carboxylic acids is 2. The molecule has 0 aromatic heterocycles. The summed E-state index contributed by atoms with van der Waals surface area (Å²) in [7, 11) is 0. The first-order valence-electron chi connectivity index (χ1n) is 10.0. The van der Waals surface area contributed by atoms with Gasteiger partial charge in [0.2, 0.25) is 5.91 Å². The molecule has 1 aliphatic carbocycles. The molecule has 1 saturated carbocycles. The van der Waals surface area contributed by atoms with Gasteiger partial charge in [0.05, 0.1) is 12.6 Å². The number of amides is 2. The van der Waals surface area contributed by atoms with Crippen molar-refractivity contribution in [1.29, 1.82) is 5.26 Å². The van der Waals surface area contributed by atoms with E-state index in [2.05, 4.69) is 11.4 Å². The molecule has 150 valence electrons. The number of piperazine rings is 1. The maximum atomic E-state index is 12.6. The van der Waals surface area contributed by atoms with Crippen LogP contribution in [0.5, 0.6) is 0 Å². The van der Waals surface area contributed by atoms with Crippen LogP contribution in [0.1, 0.15) is 48.9 Å². The first-order chi connectivity index (χ1) is 13.5. The summed E-state index contributed by atoms with van der Waals surface area (Å²) in [5.41, 5.74) is -0.0835. The molecule has 0 atom stereocenters. The van der Waals surface area contributed by atoms with Gasteiger partial charge in [-0.3, -0.25) is 14.5 Å². The van der Waals surface area contributed by atoms with Gasteiger partial charge in [0.15, 0.2) is 0 Å². The van der Waals surface area contributed by atoms with E-state index < -0.39 is 5.54 Å². The lowest BCUT2D eigenvalue weighted by Crippen LogP contribution is -2.54. The van der Waals surface area contributed by atoms with Crippen molar-refractivity contribution in [3.8, 4) is 6.07 Å². The molecule has 1 aromatic rings. The molecule has 1 saturated heterocycles. The van der Waals surface area contributed by atoms with Crippen LogP contribution >= 0.6 is 11.6 Å². The van der Waals surface area contributed by atoms with Crippen LogP contribution in [0.4, 0.5) is 0 Å². The van der Waals surface area contributed by atoms with Crippen LogP contribution in [0.3, 0.4) is 0 Å². The van der Waals surface area contributed by atoms with Crippen molar-refractivity contribution in [2.24, 2.45) is 0 Å². The van der Waals surface area contributed by atoms with Crippen molar-refractivity contribution < 1.29 is 9.59 Å². The maximum absolute atomic E-state index is 12.6. The Kier molecular flexibility index (Phi) is 6.93. The molecule has 1 aromatic carbocycles. The Bertz CT molecular complexity index is 728. The van der Waals surface area contributed by atoms with E-state index in [-0.39, 0.29) is 18.4 Å². The Hall–Kier alpha value is -2.10. The highest BCUT2D eigenvalue weighted by atomic mass is 35.5. The van der Waals surface area contributed by atoms with Crippen molar-refractivity contribution in [1.82, 2.24) is 15.1 Å². The summed E-state index contributed by atoms with van der Waals surface area (Å²) in [6, 6.07) is 9.26. The van der Waals surface area contributed by atoms with E-state index in [9.17, 15) is 14.9 Å². The topological polar surface area (TPSA) is 76.4 Å². The number of nitriles is 1. The van der Waals surface area contributed by atoms with E-state index >= 15 is 0 Å². The highest BCUT2D eigenvalue weighted by molar-refractivity contribution is 6.30. The quantitative estimate of drug-likeness (QED) is 0.785. The number of nitrogens with one attached hydrogen (secondary N) is 1. The van der Waals surface area contributed by atoms with Gasteiger partial charge < -0.3 is 10.2 Å². The lowest BCUT2D eigenvalue weighted by Gasteiger charge is -2.35. The summed E-state index contributed by atoms with van der Waals surface area (Å²) >= 11 is 5.88. The number of hydrogen-bond acceptors (Lipinski definition) is 4. The smallest absolute Gasteiger partial charge is 0.253 e. The van der Waals surface area contributed by atoms with E-state index in [0.29, 0.717) is 36.8 Å². The average Bonchev–Trinajstić information content (AvgIpc) is 2.94. The molecule has 0 spiro atoms. The standard InChI is InChI=1S/C21H27ClN4O2/c22-18-7-5-17(6-8-18)20(28)26-13-11-25(12-14-26)15-19(27)24-21(16-23)9-3-1-2-4-10-21/h5-8H,1-4,9-15H2,(H,24,27). The number of halogens is 1. The van der Waals surface area contributed by atoms with E-state index in [1.165, 1.54) is 0 Å². The first-order valence-corrected chi connectivity index (χ1v) is 10.4. The number of carbonyl (C=O) groups is 2. The van der Waals surface area contributed by atoms with Crippen molar-refractivity contribution in [3.05, 3.63) is 34.9 Å². The van der Waals surface area contributed by atoms with E-state index in [1.807, 2.05) is 4.90 Å². The van der Waals surface area contributed by atoms with Gasteiger partial charge in [-0.25, -0.2) is 0 Å². The summed E-state index contributed by atoms with van der Waals surface area (Å²) in [5.74, 6) is -0.108. The third-order valence-corrected chi connectivity index (χ3v) is 5.92. The van der Waals surface area contributed by atoms with E-state index in [0.717, 1.165) is 38.5 Å². The number of nitrogens with zero attached hydrogens (tertiary/aromatic N) is 3. The van der Waals surface area contributed by atoms with Crippen LogP contribution in [0, 0.1) is 11.3 Å². The fraction of sp³-hybridized carbons (Fsp3) is 0.571. The molecule has 7 heteroatoms. The first kappa shape index (κ1) is 20.6. The highest BCUT2D eigenvalue weighted by Gasteiger charge is 2.33. The summed E-state index contributed by atoms with van der Waals surface area (Å²) in [4.78, 5) is 28.9. The molecule has 1 N–H and O–H groups in total. The van der Waals surface area contributed by atoms with E-state index in [1.54, 1.807) is 29.2 Å². The van der Waals surface area contributed by atoms with Crippen LogP contribution in [-0.4, -0.2) is 59.9 Å². The fourth-order valence-electron chi connectivity index (χ4n) is 3.99. The van der Waals surface area contributed by atoms with Crippen LogP contribution < -0.4 is 5.32 Å². The lowest BCUT2D eigenvalue weighted by molar-refractivity contribution is -0.124. The Morgan fingerprint density at radius 2 is 1.64 bits per heavy atom. The second kappa shape index (κ2) is 9.40. The molecule has 1 aliphatic heterocycles. The number of hydrogen-bond donors (Lipinski definition) is 1. The predicted molar refractivity (Wildman–Crippen MR) is 108 cm³/mol. The molecule has 2 aliphatic rings. The Labute approximate surface area is 171 Å². The highest BCUT2D eigenvalue weighted by Crippen LogP contribution is 2.26. The van der Waals surface area contributed by atoms with Gasteiger partial charge >= 0.3 is 0 Å². The minimum absolute atomic E-state index is 0.0114. The molecule has 0 radical (unpaired) electrons. The molecular formula is C21H27ClN4O2. The van der Waals surface area contributed by atoms with Gasteiger partial charge in [-0.15, -0.1) is 0 Å². The lowest BCUT2D eigenvalue weighted by atomic mass is 9.92. The zero-order valence-electron chi connectivity index (χ0n) is 16.1. The minimum atomic E-state index is -0.708. The normalized spacial score (nSPS) is 20.1. The molecule has 3 rings (SSSR count). The van der Waals surface area contributed by atoms with Gasteiger partial charge in [0.1, 0.15) is 5.54 Å². The average molecular weight is 403 g/mol. The van der Waals surface area contributed by atoms with Crippen molar-refractivity contribution >= 4 is 23.4 Å². The fourth-order valence-corrected chi connectivity index (χ4v) is 4.12. The third kappa shape index (κ3) is 5.24. The van der Waals surface area contributed by atoms with Gasteiger partial charge in [-0.1, -0.05) is 37.3 Å². The molecule has 2 fully saturated rings. The molecule has 1 heterocycles. The predicted octanol–water partition coefficient (Wildman–Crippen LogP) is 2.83. The van der Waals surface area contributed by atoms with Crippen LogP contribution in [0.2, 0.25) is 5.02 Å². The second-order valence-electron chi connectivity index (χ2n) is 7.73. The number of benzene rings is 1. The Morgan fingerprint density at radius 3 is 2.21 bits per heavy atom. The van der Waals surface area contributed by atoms with Gasteiger partial charge in [-0.2, -0.15) is 5.26 Å². The van der Waals surface area contributed by atoms with E-state index in [4.69, 9.17) is 11.6 Å². The zero-order chi connectivity index (χ0) is 20.0. The molecule has 2 amide bonds. The van der Waals surface area contributed by atoms with Gasteiger partial charge in [-0.05, 0) is 37.1 Å². The largest absolute Gasteiger partial charge is 0.337 e. The van der Waals surface area contributed by atoms with Crippen LogP contribution in [0.25, 0.3) is 0 Å². The monoisotopic (exact) mass is 402 g/mol. The molecular weight excluding hydrogens is 376 g/mol. The summed E-state index contributed by atoms with van der Waals surface area (Å²) in [6.07, 6.45) is 5.70.